The topological polar surface area (TPSA) is 185 Å². The summed E-state index contributed by atoms with van der Waals surface area (Å²) in [7, 11) is -3.43. The fourth-order valence-corrected chi connectivity index (χ4v) is 5.30. The third-order valence-corrected chi connectivity index (χ3v) is 7.71. The van der Waals surface area contributed by atoms with Crippen molar-refractivity contribution in [3.05, 3.63) is 72.2 Å². The molecule has 2 heterocycles. The van der Waals surface area contributed by atoms with Crippen LogP contribution in [0.1, 0.15) is 49.7 Å². The van der Waals surface area contributed by atoms with E-state index < -0.39 is 32.0 Å². The van der Waals surface area contributed by atoms with E-state index in [-0.39, 0.29) is 11.5 Å². The first-order valence-electron chi connectivity index (χ1n) is 13.4. The Morgan fingerprint density at radius 1 is 1.05 bits per heavy atom. The summed E-state index contributed by atoms with van der Waals surface area (Å²) in [6.07, 6.45) is 0.844. The Morgan fingerprint density at radius 3 is 2.43 bits per heavy atom. The number of phosphoric acid groups is 1. The molecule has 0 fully saturated rings. The smallest absolute Gasteiger partial charge is 0.453 e. The number of carbonyl (C=O) groups is 2. The predicted octanol–water partition coefficient (Wildman–Crippen LogP) is 5.84. The van der Waals surface area contributed by atoms with E-state index in [1.165, 1.54) is 25.2 Å². The van der Waals surface area contributed by atoms with E-state index >= 15 is 0 Å². The Morgan fingerprint density at radius 2 is 1.77 bits per heavy atom. The number of fused-ring (bicyclic) bond motifs is 1. The number of ether oxygens (including phenoxy) is 1. The third-order valence-electron chi connectivity index (χ3n) is 6.16. The molecule has 0 radical (unpaired) electrons. The number of hydrogen-bond donors (Lipinski definition) is 5. The summed E-state index contributed by atoms with van der Waals surface area (Å²) >= 11 is 1.42. The average molecular weight is 641 g/mol. The number of nitrogens with zero attached hydrogens (tertiary/aromatic N) is 3. The average Bonchev–Trinajstić information content (AvgIpc) is 2.97. The Balaban J connectivity index is 1.67. The second-order valence-electron chi connectivity index (χ2n) is 10.7. The van der Waals surface area contributed by atoms with Crippen molar-refractivity contribution in [2.75, 3.05) is 24.4 Å². The maximum absolute atomic E-state index is 13.2. The van der Waals surface area contributed by atoms with E-state index in [1.807, 2.05) is 38.1 Å². The zero-order valence-electron chi connectivity index (χ0n) is 24.7. The third kappa shape index (κ3) is 8.97. The number of pyridine rings is 1. The van der Waals surface area contributed by atoms with Gasteiger partial charge < -0.3 is 25.2 Å². The number of anilines is 3. The highest BCUT2D eigenvalue weighted by Gasteiger charge is 2.26. The lowest BCUT2D eigenvalue weighted by Gasteiger charge is -2.26. The Bertz CT molecular complexity index is 1710. The lowest BCUT2D eigenvalue weighted by Crippen LogP contribution is -2.46. The van der Waals surface area contributed by atoms with Gasteiger partial charge in [0.25, 0.3) is 5.91 Å². The Kier molecular flexibility index (Phi) is 10.2. The highest BCUT2D eigenvalue weighted by atomic mass is 32.2. The molecule has 4 aromatic rings. The van der Waals surface area contributed by atoms with E-state index in [1.54, 1.807) is 44.2 Å². The summed E-state index contributed by atoms with van der Waals surface area (Å²) in [6.45, 7) is 6.88. The number of benzene rings is 2. The molecule has 44 heavy (non-hydrogen) atoms. The first kappa shape index (κ1) is 32.8. The fraction of sp³-hybridized carbons (Fsp3) is 0.276. The van der Waals surface area contributed by atoms with Gasteiger partial charge in [-0.2, -0.15) is 0 Å². The molecule has 0 atom stereocenters. The minimum Gasteiger partial charge on any atom is -0.453 e. The van der Waals surface area contributed by atoms with E-state index in [0.717, 1.165) is 15.5 Å². The van der Waals surface area contributed by atoms with Crippen molar-refractivity contribution < 1.29 is 33.2 Å². The van der Waals surface area contributed by atoms with Gasteiger partial charge in [0, 0.05) is 26.7 Å². The standard InChI is InChI=1S/C29H33N6O7PS/c1-17(2)22-12-11-21-25(33-22)30-16-31-26(21)34-23-14-18(27(36)35-29(3,4)15-42-43(38,39)40)6-13-24(23)44-20-9-7-19(8-10-20)32-28(37)41-5/h6-14,16-17H,15H2,1-5H3,(H,32,37)(H,35,36)(H2,38,39,40)(H,30,31,33,34). The SMILES string of the molecule is COC(=O)Nc1ccc(Sc2ccc(C(=O)NC(C)(C)COP(=O)(O)O)cc2Nc2ncnc3nc(C(C)C)ccc23)cc1. The number of rotatable bonds is 11. The van der Waals surface area contributed by atoms with Gasteiger partial charge in [0.05, 0.1) is 30.3 Å². The molecule has 15 heteroatoms. The van der Waals surface area contributed by atoms with Crippen molar-refractivity contribution in [2.45, 2.75) is 48.9 Å². The molecule has 0 unspecified atom stereocenters. The van der Waals surface area contributed by atoms with Crippen molar-refractivity contribution in [2.24, 2.45) is 0 Å². The second-order valence-corrected chi connectivity index (χ2v) is 13.0. The van der Waals surface area contributed by atoms with Gasteiger partial charge in [-0.1, -0.05) is 25.6 Å². The van der Waals surface area contributed by atoms with Crippen molar-refractivity contribution in [1.29, 1.82) is 0 Å². The number of aromatic nitrogens is 3. The first-order valence-corrected chi connectivity index (χ1v) is 15.8. The number of hydrogen-bond acceptors (Lipinski definition) is 10. The van der Waals surface area contributed by atoms with Crippen LogP contribution >= 0.6 is 19.6 Å². The van der Waals surface area contributed by atoms with Gasteiger partial charge in [0.2, 0.25) is 0 Å². The molecule has 4 rings (SSSR count). The minimum absolute atomic E-state index is 0.217. The maximum Gasteiger partial charge on any atom is 0.469 e. The van der Waals surface area contributed by atoms with Crippen molar-refractivity contribution >= 4 is 59.8 Å². The van der Waals surface area contributed by atoms with Gasteiger partial charge in [0.1, 0.15) is 12.1 Å². The van der Waals surface area contributed by atoms with Gasteiger partial charge in [-0.3, -0.25) is 14.6 Å². The molecule has 2 aromatic heterocycles. The normalized spacial score (nSPS) is 11.8. The molecule has 2 aromatic carbocycles. The molecule has 0 aliphatic carbocycles. The van der Waals surface area contributed by atoms with Crippen LogP contribution in [-0.4, -0.2) is 56.0 Å². The Hall–Kier alpha value is -4.07. The van der Waals surface area contributed by atoms with Gasteiger partial charge >= 0.3 is 13.9 Å². The molecule has 0 saturated heterocycles. The van der Waals surface area contributed by atoms with E-state index in [2.05, 4.69) is 40.2 Å². The zero-order chi connectivity index (χ0) is 32.1. The van der Waals surface area contributed by atoms with Gasteiger partial charge in [-0.05, 0) is 74.4 Å². The fourth-order valence-electron chi connectivity index (χ4n) is 3.93. The summed E-state index contributed by atoms with van der Waals surface area (Å²) in [5.74, 6) is 0.234. The van der Waals surface area contributed by atoms with Crippen LogP contribution in [0, 0.1) is 0 Å². The first-order chi connectivity index (χ1) is 20.7. The molecule has 13 nitrogen and oxygen atoms in total. The number of amides is 2. The highest BCUT2D eigenvalue weighted by Crippen LogP contribution is 2.38. The predicted molar refractivity (Wildman–Crippen MR) is 167 cm³/mol. The van der Waals surface area contributed by atoms with Gasteiger partial charge in [0.15, 0.2) is 5.65 Å². The maximum atomic E-state index is 13.2. The lowest BCUT2D eigenvalue weighted by molar-refractivity contribution is 0.0854. The summed E-state index contributed by atoms with van der Waals surface area (Å²) in [5, 5.41) is 9.40. The quantitative estimate of drug-likeness (QED) is 0.124. The summed E-state index contributed by atoms with van der Waals surface area (Å²) < 4.78 is 20.4. The monoisotopic (exact) mass is 640 g/mol. The molecule has 0 aliphatic rings. The largest absolute Gasteiger partial charge is 0.469 e. The van der Waals surface area contributed by atoms with Crippen LogP contribution in [0.15, 0.2) is 70.7 Å². The van der Waals surface area contributed by atoms with Crippen LogP contribution in [0.3, 0.4) is 0 Å². The number of nitrogens with one attached hydrogen (secondary N) is 3. The Labute approximate surface area is 258 Å². The van der Waals surface area contributed by atoms with Crippen LogP contribution in [0.2, 0.25) is 0 Å². The lowest BCUT2D eigenvalue weighted by atomic mass is 10.1. The number of carbonyl (C=O) groups excluding carboxylic acids is 2. The van der Waals surface area contributed by atoms with Crippen molar-refractivity contribution in [3.63, 3.8) is 0 Å². The van der Waals surface area contributed by atoms with Crippen LogP contribution in [0.4, 0.5) is 22.0 Å². The van der Waals surface area contributed by atoms with Crippen molar-refractivity contribution in [1.82, 2.24) is 20.3 Å². The molecule has 5 N–H and O–H groups in total. The molecular weight excluding hydrogens is 607 g/mol. The second kappa shape index (κ2) is 13.7. The summed E-state index contributed by atoms with van der Waals surface area (Å²) in [5.41, 5.74) is 1.76. The molecular formula is C29H33N6O7PS. The number of methoxy groups -OCH3 is 1. The molecule has 232 valence electrons. The van der Waals surface area contributed by atoms with E-state index in [0.29, 0.717) is 28.2 Å². The summed E-state index contributed by atoms with van der Waals surface area (Å²) in [4.78, 5) is 58.0. The molecule has 0 bridgehead atoms. The summed E-state index contributed by atoms with van der Waals surface area (Å²) in [6, 6.07) is 16.1. The van der Waals surface area contributed by atoms with E-state index in [9.17, 15) is 14.2 Å². The van der Waals surface area contributed by atoms with Gasteiger partial charge in [-0.15, -0.1) is 0 Å². The highest BCUT2D eigenvalue weighted by molar-refractivity contribution is 7.99. The zero-order valence-corrected chi connectivity index (χ0v) is 26.4. The minimum atomic E-state index is -4.71. The molecule has 0 saturated carbocycles. The van der Waals surface area contributed by atoms with Crippen LogP contribution in [0.25, 0.3) is 11.0 Å². The van der Waals surface area contributed by atoms with Gasteiger partial charge in [-0.25, -0.2) is 24.3 Å². The van der Waals surface area contributed by atoms with Crippen LogP contribution < -0.4 is 16.0 Å². The van der Waals surface area contributed by atoms with Crippen LogP contribution in [-0.2, 0) is 13.8 Å². The molecule has 2 amide bonds. The molecule has 0 spiro atoms. The van der Waals surface area contributed by atoms with E-state index in [4.69, 9.17) is 9.79 Å². The number of phosphoric ester groups is 1. The molecule has 0 aliphatic heterocycles. The van der Waals surface area contributed by atoms with Crippen LogP contribution in [0.5, 0.6) is 0 Å². The van der Waals surface area contributed by atoms with Crippen molar-refractivity contribution in [3.8, 4) is 0 Å².